The first kappa shape index (κ1) is 24.0. The Morgan fingerprint density at radius 2 is 0.814 bits per heavy atom. The summed E-state index contributed by atoms with van der Waals surface area (Å²) in [6.07, 6.45) is 0. The highest BCUT2D eigenvalue weighted by molar-refractivity contribution is 6.22. The molecule has 0 radical (unpaired) electrons. The Morgan fingerprint density at radius 3 is 1.53 bits per heavy atom. The van der Waals surface area contributed by atoms with E-state index in [0.29, 0.717) is 0 Å². The summed E-state index contributed by atoms with van der Waals surface area (Å²) in [5, 5.41) is 9.83. The summed E-state index contributed by atoms with van der Waals surface area (Å²) in [5.41, 5.74) is 9.27. The molecule has 43 heavy (non-hydrogen) atoms. The molecule has 0 fully saturated rings. The van der Waals surface area contributed by atoms with Gasteiger partial charge in [-0.05, 0) is 90.0 Å². The first-order valence-electron chi connectivity index (χ1n) is 14.8. The molecule has 200 valence electrons. The molecule has 0 aliphatic heterocycles. The summed E-state index contributed by atoms with van der Waals surface area (Å²) in [6, 6.07) is 56.9. The number of hydrogen-bond acceptors (Lipinski definition) is 1. The van der Waals surface area contributed by atoms with E-state index in [0.717, 1.165) is 21.9 Å². The van der Waals surface area contributed by atoms with Crippen molar-refractivity contribution in [3.63, 3.8) is 0 Å². The highest BCUT2D eigenvalue weighted by Gasteiger charge is 2.18. The van der Waals surface area contributed by atoms with Crippen molar-refractivity contribution in [3.05, 3.63) is 158 Å². The Bertz CT molecular complexity index is 2450. The minimum absolute atomic E-state index is 0.917. The van der Waals surface area contributed by atoms with Crippen molar-refractivity contribution in [1.82, 2.24) is 0 Å². The first-order chi connectivity index (χ1) is 21.3. The van der Waals surface area contributed by atoms with Gasteiger partial charge >= 0.3 is 0 Å². The maximum atomic E-state index is 6.17. The van der Waals surface area contributed by atoms with Gasteiger partial charge in [0.25, 0.3) is 0 Å². The summed E-state index contributed by atoms with van der Waals surface area (Å²) in [5.74, 6) is 0. The van der Waals surface area contributed by atoms with Gasteiger partial charge in [-0.25, -0.2) is 0 Å². The smallest absolute Gasteiger partial charge is 0.135 e. The normalized spacial score (nSPS) is 11.7. The van der Waals surface area contributed by atoms with Crippen molar-refractivity contribution in [2.75, 3.05) is 0 Å². The van der Waals surface area contributed by atoms with Crippen LogP contribution in [0.15, 0.2) is 162 Å². The number of furan rings is 1. The lowest BCUT2D eigenvalue weighted by Crippen LogP contribution is -1.91. The molecule has 0 amide bonds. The topological polar surface area (TPSA) is 13.1 Å². The van der Waals surface area contributed by atoms with Crippen LogP contribution in [0.5, 0.6) is 0 Å². The number of fused-ring (bicyclic) bond motifs is 6. The third-order valence-electron chi connectivity index (χ3n) is 8.85. The lowest BCUT2D eigenvalue weighted by atomic mass is 9.85. The molecule has 0 spiro atoms. The van der Waals surface area contributed by atoms with Crippen LogP contribution in [0.4, 0.5) is 0 Å². The van der Waals surface area contributed by atoms with Gasteiger partial charge in [-0.1, -0.05) is 133 Å². The molecule has 0 saturated heterocycles. The maximum absolute atomic E-state index is 6.17. The Balaban J connectivity index is 1.32. The Morgan fingerprint density at radius 1 is 0.302 bits per heavy atom. The minimum atomic E-state index is 0.917. The van der Waals surface area contributed by atoms with Crippen LogP contribution in [0.25, 0.3) is 87.6 Å². The second kappa shape index (κ2) is 9.44. The quantitative estimate of drug-likeness (QED) is 0.201. The highest BCUT2D eigenvalue weighted by atomic mass is 16.3. The average molecular weight is 547 g/mol. The number of hydrogen-bond donors (Lipinski definition) is 0. The fourth-order valence-electron chi connectivity index (χ4n) is 6.95. The van der Waals surface area contributed by atoms with Gasteiger partial charge in [-0.2, -0.15) is 0 Å². The van der Waals surface area contributed by atoms with Crippen LogP contribution >= 0.6 is 0 Å². The number of rotatable bonds is 3. The van der Waals surface area contributed by atoms with Crippen molar-refractivity contribution >= 4 is 54.3 Å². The van der Waals surface area contributed by atoms with Gasteiger partial charge in [-0.3, -0.25) is 0 Å². The molecule has 9 aromatic rings. The number of benzene rings is 8. The summed E-state index contributed by atoms with van der Waals surface area (Å²) < 4.78 is 6.17. The SMILES string of the molecule is c1cc(-c2cccc3ccccc23)cc(-c2c3ccccc3c(-c3ccc4oc5ccccc5c4c3)c3ccccc23)c1. The zero-order valence-electron chi connectivity index (χ0n) is 23.4. The Hall–Kier alpha value is -5.66. The van der Waals surface area contributed by atoms with Crippen LogP contribution in [0, 0.1) is 0 Å². The lowest BCUT2D eigenvalue weighted by Gasteiger charge is -2.18. The van der Waals surface area contributed by atoms with Crippen molar-refractivity contribution in [1.29, 1.82) is 0 Å². The molecule has 0 saturated carbocycles. The minimum Gasteiger partial charge on any atom is -0.456 e. The molecule has 1 heteroatoms. The summed E-state index contributed by atoms with van der Waals surface area (Å²) in [4.78, 5) is 0. The third kappa shape index (κ3) is 3.72. The fraction of sp³-hybridized carbons (Fsp3) is 0. The van der Waals surface area contributed by atoms with Crippen molar-refractivity contribution in [3.8, 4) is 33.4 Å². The van der Waals surface area contributed by atoms with Crippen molar-refractivity contribution in [2.24, 2.45) is 0 Å². The van der Waals surface area contributed by atoms with Crippen LogP contribution in [-0.4, -0.2) is 0 Å². The first-order valence-corrected chi connectivity index (χ1v) is 14.8. The Labute approximate surface area is 249 Å². The van der Waals surface area contributed by atoms with E-state index in [2.05, 4.69) is 146 Å². The lowest BCUT2D eigenvalue weighted by molar-refractivity contribution is 0.669. The average Bonchev–Trinajstić information content (AvgIpc) is 3.45. The fourth-order valence-corrected chi connectivity index (χ4v) is 6.95. The molecule has 0 aliphatic rings. The Kier molecular flexibility index (Phi) is 5.27. The van der Waals surface area contributed by atoms with E-state index in [4.69, 9.17) is 4.42 Å². The summed E-state index contributed by atoms with van der Waals surface area (Å²) in [7, 11) is 0. The van der Waals surface area contributed by atoms with Crippen LogP contribution in [-0.2, 0) is 0 Å². The van der Waals surface area contributed by atoms with Gasteiger partial charge in [-0.15, -0.1) is 0 Å². The summed E-state index contributed by atoms with van der Waals surface area (Å²) in [6.45, 7) is 0. The molecular formula is C42H26O. The van der Waals surface area contributed by atoms with Gasteiger partial charge in [0.1, 0.15) is 11.2 Å². The van der Waals surface area contributed by atoms with Crippen LogP contribution in [0.1, 0.15) is 0 Å². The van der Waals surface area contributed by atoms with Crippen LogP contribution < -0.4 is 0 Å². The zero-order valence-corrected chi connectivity index (χ0v) is 23.4. The molecule has 0 aliphatic carbocycles. The second-order valence-electron chi connectivity index (χ2n) is 11.3. The third-order valence-corrected chi connectivity index (χ3v) is 8.85. The van der Waals surface area contributed by atoms with E-state index in [1.54, 1.807) is 0 Å². The molecule has 0 atom stereocenters. The van der Waals surface area contributed by atoms with E-state index in [9.17, 15) is 0 Å². The molecule has 0 unspecified atom stereocenters. The second-order valence-corrected chi connectivity index (χ2v) is 11.3. The van der Waals surface area contributed by atoms with Gasteiger partial charge in [0.2, 0.25) is 0 Å². The predicted molar refractivity (Wildman–Crippen MR) is 183 cm³/mol. The van der Waals surface area contributed by atoms with E-state index >= 15 is 0 Å². The van der Waals surface area contributed by atoms with Crippen molar-refractivity contribution in [2.45, 2.75) is 0 Å². The monoisotopic (exact) mass is 546 g/mol. The van der Waals surface area contributed by atoms with E-state index in [1.165, 1.54) is 65.7 Å². The van der Waals surface area contributed by atoms with Gasteiger partial charge in [0, 0.05) is 10.8 Å². The molecular weight excluding hydrogens is 520 g/mol. The van der Waals surface area contributed by atoms with E-state index in [-0.39, 0.29) is 0 Å². The molecule has 9 rings (SSSR count). The zero-order chi connectivity index (χ0) is 28.3. The van der Waals surface area contributed by atoms with Gasteiger partial charge in [0.15, 0.2) is 0 Å². The molecule has 1 heterocycles. The van der Waals surface area contributed by atoms with Gasteiger partial charge in [0.05, 0.1) is 0 Å². The van der Waals surface area contributed by atoms with Crippen LogP contribution in [0.2, 0.25) is 0 Å². The number of para-hydroxylation sites is 1. The van der Waals surface area contributed by atoms with E-state index < -0.39 is 0 Å². The maximum Gasteiger partial charge on any atom is 0.135 e. The summed E-state index contributed by atoms with van der Waals surface area (Å²) >= 11 is 0. The van der Waals surface area contributed by atoms with Crippen molar-refractivity contribution < 1.29 is 4.42 Å². The van der Waals surface area contributed by atoms with E-state index in [1.807, 2.05) is 12.1 Å². The predicted octanol–water partition coefficient (Wildman–Crippen LogP) is 12.0. The standard InChI is InChI=1S/C42H26O/c1-2-15-31-27(11-1)12-10-21-32(31)28-13-9-14-29(25-28)41-34-17-3-5-19-36(34)42(37-20-6-4-18-35(37)41)30-23-24-40-38(26-30)33-16-7-8-22-39(33)43-40/h1-26H. The molecule has 1 nitrogen and oxygen atoms in total. The van der Waals surface area contributed by atoms with Gasteiger partial charge < -0.3 is 4.42 Å². The molecule has 0 bridgehead atoms. The molecule has 0 N–H and O–H groups in total. The molecule has 8 aromatic carbocycles. The highest BCUT2D eigenvalue weighted by Crippen LogP contribution is 2.45. The largest absolute Gasteiger partial charge is 0.456 e. The van der Waals surface area contributed by atoms with Crippen LogP contribution in [0.3, 0.4) is 0 Å². The molecule has 1 aromatic heterocycles.